The van der Waals surface area contributed by atoms with E-state index in [2.05, 4.69) is 22.2 Å². The molecule has 1 saturated heterocycles. The van der Waals surface area contributed by atoms with E-state index in [1.54, 1.807) is 13.3 Å². The number of likely N-dealkylation sites (N-methyl/N-ethyl adjacent to an activating group) is 1. The molecule has 168 valence electrons. The van der Waals surface area contributed by atoms with Crippen LogP contribution in [0.5, 0.6) is 5.75 Å². The van der Waals surface area contributed by atoms with E-state index in [-0.39, 0.29) is 0 Å². The highest BCUT2D eigenvalue weighted by molar-refractivity contribution is 5.68. The Morgan fingerprint density at radius 2 is 2.03 bits per heavy atom. The zero-order valence-electron chi connectivity index (χ0n) is 19.0. The summed E-state index contributed by atoms with van der Waals surface area (Å²) in [6.45, 7) is 3.92. The summed E-state index contributed by atoms with van der Waals surface area (Å²) in [7, 11) is 3.83. The van der Waals surface area contributed by atoms with E-state index in [1.165, 1.54) is 0 Å². The number of carbonyl (C=O) groups is 1. The van der Waals surface area contributed by atoms with E-state index in [0.29, 0.717) is 12.3 Å². The second-order valence-corrected chi connectivity index (χ2v) is 7.74. The van der Waals surface area contributed by atoms with Crippen LogP contribution in [-0.4, -0.2) is 53.4 Å². The molecule has 1 fully saturated rings. The van der Waals surface area contributed by atoms with Crippen LogP contribution in [0.1, 0.15) is 37.9 Å². The van der Waals surface area contributed by atoms with E-state index in [4.69, 9.17) is 14.7 Å². The lowest BCUT2D eigenvalue weighted by atomic mass is 9.97. The number of rotatable bonds is 6. The minimum absolute atomic E-state index is 0.327. The van der Waals surface area contributed by atoms with Crippen LogP contribution >= 0.6 is 0 Å². The molecule has 3 heterocycles. The summed E-state index contributed by atoms with van der Waals surface area (Å²) in [4.78, 5) is 25.5. The van der Waals surface area contributed by atoms with E-state index < -0.39 is 0 Å². The Labute approximate surface area is 189 Å². The number of nitrogens with zero attached hydrogens (tertiary/aromatic N) is 4. The second-order valence-electron chi connectivity index (χ2n) is 7.74. The Morgan fingerprint density at radius 1 is 1.22 bits per heavy atom. The molecule has 3 aromatic rings. The topological polar surface area (TPSA) is 80.2 Å². The monoisotopic (exact) mass is 433 g/mol. The molecular weight excluding hydrogens is 402 g/mol. The fourth-order valence-corrected chi connectivity index (χ4v) is 3.64. The predicted octanol–water partition coefficient (Wildman–Crippen LogP) is 4.70. The molecule has 0 bridgehead atoms. The summed E-state index contributed by atoms with van der Waals surface area (Å²) in [5, 5.41) is 3.41. The molecule has 1 aromatic carbocycles. The largest absolute Gasteiger partial charge is 0.495 e. The Bertz CT molecular complexity index is 997. The number of likely N-dealkylation sites (tertiary alicyclic amines) is 1. The van der Waals surface area contributed by atoms with Gasteiger partial charge in [-0.15, -0.1) is 0 Å². The van der Waals surface area contributed by atoms with Crippen molar-refractivity contribution in [3.05, 3.63) is 60.7 Å². The van der Waals surface area contributed by atoms with Gasteiger partial charge in [0.2, 0.25) is 0 Å². The third-order valence-corrected chi connectivity index (χ3v) is 5.23. The van der Waals surface area contributed by atoms with Crippen LogP contribution in [0, 0.1) is 0 Å². The molecule has 0 saturated carbocycles. The van der Waals surface area contributed by atoms with Crippen LogP contribution in [0.25, 0.3) is 11.3 Å². The molecule has 0 aliphatic carbocycles. The van der Waals surface area contributed by atoms with Crippen molar-refractivity contribution in [2.24, 2.45) is 0 Å². The van der Waals surface area contributed by atoms with Gasteiger partial charge in [0.15, 0.2) is 0 Å². The first-order valence-electron chi connectivity index (χ1n) is 11.0. The zero-order valence-corrected chi connectivity index (χ0v) is 19.0. The van der Waals surface area contributed by atoms with Gasteiger partial charge < -0.3 is 19.7 Å². The fraction of sp³-hybridized carbons (Fsp3) is 0.360. The Hall–Kier alpha value is -3.32. The van der Waals surface area contributed by atoms with Gasteiger partial charge in [-0.3, -0.25) is 4.98 Å². The van der Waals surface area contributed by atoms with Gasteiger partial charge in [-0.1, -0.05) is 19.1 Å². The predicted molar refractivity (Wildman–Crippen MR) is 127 cm³/mol. The molecule has 1 aliphatic rings. The number of pyridine rings is 1. The van der Waals surface area contributed by atoms with Gasteiger partial charge in [0.05, 0.1) is 18.5 Å². The molecule has 0 radical (unpaired) electrons. The van der Waals surface area contributed by atoms with Crippen molar-refractivity contribution in [3.8, 4) is 17.0 Å². The summed E-state index contributed by atoms with van der Waals surface area (Å²) < 4.78 is 5.47. The van der Waals surface area contributed by atoms with Gasteiger partial charge >= 0.3 is 0 Å². The van der Waals surface area contributed by atoms with Crippen LogP contribution in [0.2, 0.25) is 0 Å². The molecule has 2 aromatic heterocycles. The van der Waals surface area contributed by atoms with Crippen molar-refractivity contribution < 1.29 is 9.53 Å². The van der Waals surface area contributed by atoms with Crippen molar-refractivity contribution in [2.75, 3.05) is 32.6 Å². The van der Waals surface area contributed by atoms with Gasteiger partial charge in [-0.25, -0.2) is 9.97 Å². The highest BCUT2D eigenvalue weighted by atomic mass is 16.5. The third kappa shape index (κ3) is 6.34. The first-order chi connectivity index (χ1) is 15.6. The van der Waals surface area contributed by atoms with E-state index in [9.17, 15) is 4.79 Å². The van der Waals surface area contributed by atoms with Crippen molar-refractivity contribution >= 4 is 17.8 Å². The van der Waals surface area contributed by atoms with Crippen LogP contribution in [0.3, 0.4) is 0 Å². The van der Waals surface area contributed by atoms with E-state index in [0.717, 1.165) is 66.6 Å². The molecular formula is C25H31N5O2. The van der Waals surface area contributed by atoms with Gasteiger partial charge in [0, 0.05) is 42.9 Å². The van der Waals surface area contributed by atoms with Crippen molar-refractivity contribution in [2.45, 2.75) is 32.1 Å². The smallest absolute Gasteiger partial charge is 0.142 e. The molecule has 1 atom stereocenters. The Balaban J connectivity index is 0.000000668. The maximum absolute atomic E-state index is 9.17. The molecule has 4 rings (SSSR count). The van der Waals surface area contributed by atoms with E-state index in [1.807, 2.05) is 55.6 Å². The van der Waals surface area contributed by atoms with Crippen LogP contribution in [0.15, 0.2) is 54.9 Å². The maximum atomic E-state index is 9.17. The van der Waals surface area contributed by atoms with Gasteiger partial charge in [0.1, 0.15) is 23.7 Å². The average molecular weight is 434 g/mol. The van der Waals surface area contributed by atoms with Crippen LogP contribution < -0.4 is 10.1 Å². The summed E-state index contributed by atoms with van der Waals surface area (Å²) in [6.07, 6.45) is 7.40. The number of anilines is 2. The van der Waals surface area contributed by atoms with Crippen LogP contribution in [-0.2, 0) is 4.79 Å². The van der Waals surface area contributed by atoms with Crippen molar-refractivity contribution in [1.82, 2.24) is 19.9 Å². The third-order valence-electron chi connectivity index (χ3n) is 5.23. The standard InChI is InChI=1S/C22H25N5O.C3H6O/c1-27-12-6-8-17(15-27)22-25-19(16-7-5-11-23-14-16)13-21(26-22)24-18-9-3-4-10-20(18)28-2;1-2-3-4/h3-5,7,9-11,13-14,17H,6,8,12,15H2,1-2H3,(H,24,25,26);3H,2H2,1H3. The molecule has 0 amide bonds. The first kappa shape index (κ1) is 23.3. The van der Waals surface area contributed by atoms with E-state index >= 15 is 0 Å². The number of aromatic nitrogens is 3. The quantitative estimate of drug-likeness (QED) is 0.565. The molecule has 1 unspecified atom stereocenters. The normalized spacial score (nSPS) is 15.9. The lowest BCUT2D eigenvalue weighted by molar-refractivity contribution is -0.107. The van der Waals surface area contributed by atoms with Crippen molar-refractivity contribution in [3.63, 3.8) is 0 Å². The number of hydrogen-bond acceptors (Lipinski definition) is 7. The van der Waals surface area contributed by atoms with Gasteiger partial charge in [-0.05, 0) is 50.7 Å². The molecule has 0 spiro atoms. The summed E-state index contributed by atoms with van der Waals surface area (Å²) >= 11 is 0. The van der Waals surface area contributed by atoms with Crippen LogP contribution in [0.4, 0.5) is 11.5 Å². The summed E-state index contributed by atoms with van der Waals surface area (Å²) in [6, 6.07) is 13.8. The lowest BCUT2D eigenvalue weighted by Crippen LogP contribution is -2.31. The Morgan fingerprint density at radius 3 is 2.72 bits per heavy atom. The number of piperidine rings is 1. The lowest BCUT2D eigenvalue weighted by Gasteiger charge is -2.29. The number of nitrogens with one attached hydrogen (secondary N) is 1. The highest BCUT2D eigenvalue weighted by Crippen LogP contribution is 2.31. The summed E-state index contributed by atoms with van der Waals surface area (Å²) in [5.41, 5.74) is 2.75. The molecule has 1 N–H and O–H groups in total. The molecule has 32 heavy (non-hydrogen) atoms. The minimum atomic E-state index is 0.327. The molecule has 1 aliphatic heterocycles. The second kappa shape index (κ2) is 11.9. The zero-order chi connectivity index (χ0) is 22.8. The van der Waals surface area contributed by atoms with Crippen molar-refractivity contribution in [1.29, 1.82) is 0 Å². The molecule has 7 heteroatoms. The number of carbonyl (C=O) groups excluding carboxylic acids is 1. The number of hydrogen-bond donors (Lipinski definition) is 1. The number of ether oxygens (including phenoxy) is 1. The average Bonchev–Trinajstić information content (AvgIpc) is 2.85. The van der Waals surface area contributed by atoms with Gasteiger partial charge in [-0.2, -0.15) is 0 Å². The number of aldehydes is 1. The first-order valence-corrected chi connectivity index (χ1v) is 11.0. The summed E-state index contributed by atoms with van der Waals surface area (Å²) in [5.74, 6) is 2.75. The Kier molecular flexibility index (Phi) is 8.69. The number of methoxy groups -OCH3 is 1. The highest BCUT2D eigenvalue weighted by Gasteiger charge is 2.23. The minimum Gasteiger partial charge on any atom is -0.495 e. The SMILES string of the molecule is CCC=O.COc1ccccc1Nc1cc(-c2cccnc2)nc(C2CCCN(C)C2)n1. The van der Waals surface area contributed by atoms with Gasteiger partial charge in [0.25, 0.3) is 0 Å². The molecule has 7 nitrogen and oxygen atoms in total. The fourth-order valence-electron chi connectivity index (χ4n) is 3.64. The number of benzene rings is 1. The maximum Gasteiger partial charge on any atom is 0.142 e. The number of para-hydroxylation sites is 2.